The molecule has 3 aromatic rings. The van der Waals surface area contributed by atoms with Crippen LogP contribution in [0.15, 0.2) is 60.7 Å². The first-order valence-electron chi connectivity index (χ1n) is 14.8. The molecule has 0 saturated carbocycles. The summed E-state index contributed by atoms with van der Waals surface area (Å²) in [6.07, 6.45) is 1.45. The molecule has 0 radical (unpaired) electrons. The van der Waals surface area contributed by atoms with Crippen molar-refractivity contribution in [2.24, 2.45) is 0 Å². The van der Waals surface area contributed by atoms with Gasteiger partial charge in [0.15, 0.2) is 8.32 Å². The summed E-state index contributed by atoms with van der Waals surface area (Å²) >= 11 is 1.55. The summed E-state index contributed by atoms with van der Waals surface area (Å²) in [6, 6.07) is 19.7. The first-order valence-corrected chi connectivity index (χ1v) is 18.5. The van der Waals surface area contributed by atoms with Gasteiger partial charge in [0.25, 0.3) is 0 Å². The fourth-order valence-corrected chi connectivity index (χ4v) is 6.84. The lowest BCUT2D eigenvalue weighted by Gasteiger charge is -2.36. The summed E-state index contributed by atoms with van der Waals surface area (Å²) in [5.41, 5.74) is 3.48. The van der Waals surface area contributed by atoms with Gasteiger partial charge in [0.05, 0.1) is 17.3 Å². The number of likely N-dealkylation sites (tertiary alicyclic amines) is 1. The fraction of sp³-hybridized carbons (Fsp3) is 0.455. The Bertz CT molecular complexity index is 1360. The van der Waals surface area contributed by atoms with Crippen LogP contribution in [0.25, 0.3) is 11.1 Å². The minimum atomic E-state index is -1.84. The Hall–Kier alpha value is -2.98. The molecule has 7 nitrogen and oxygen atoms in total. The van der Waals surface area contributed by atoms with Crippen LogP contribution in [0, 0.1) is 0 Å². The number of carboxylic acid groups (broad SMARTS) is 1. The highest BCUT2D eigenvalue weighted by Gasteiger charge is 2.37. The van der Waals surface area contributed by atoms with Crippen LogP contribution in [0.1, 0.15) is 50.5 Å². The minimum Gasteiger partial charge on any atom is -0.465 e. The van der Waals surface area contributed by atoms with E-state index in [0.29, 0.717) is 25.1 Å². The minimum absolute atomic E-state index is 0.0622. The Kier molecular flexibility index (Phi) is 10.3. The molecular formula is C33H45N3O4SSi. The maximum atomic E-state index is 12.9. The molecule has 1 saturated heterocycles. The van der Waals surface area contributed by atoms with Crippen molar-refractivity contribution in [2.75, 3.05) is 30.4 Å². The van der Waals surface area contributed by atoms with Crippen molar-refractivity contribution >= 4 is 42.3 Å². The maximum absolute atomic E-state index is 12.9. The van der Waals surface area contributed by atoms with Gasteiger partial charge in [-0.25, -0.2) is 4.79 Å². The summed E-state index contributed by atoms with van der Waals surface area (Å²) in [5.74, 6) is -0.0622. The first kappa shape index (κ1) is 31.9. The van der Waals surface area contributed by atoms with Gasteiger partial charge < -0.3 is 19.7 Å². The lowest BCUT2D eigenvalue weighted by Crippen LogP contribution is -2.46. The molecule has 42 heavy (non-hydrogen) atoms. The Balaban J connectivity index is 1.45. The van der Waals surface area contributed by atoms with Gasteiger partial charge in [0, 0.05) is 22.9 Å². The summed E-state index contributed by atoms with van der Waals surface area (Å²) < 4.78 is 6.33. The second kappa shape index (κ2) is 13.5. The molecule has 0 bridgehead atoms. The van der Waals surface area contributed by atoms with E-state index in [1.54, 1.807) is 16.2 Å². The van der Waals surface area contributed by atoms with Crippen molar-refractivity contribution in [1.29, 1.82) is 0 Å². The lowest BCUT2D eigenvalue weighted by atomic mass is 9.96. The van der Waals surface area contributed by atoms with Gasteiger partial charge in [-0.15, -0.1) is 11.3 Å². The Labute approximate surface area is 255 Å². The lowest BCUT2D eigenvalue weighted by molar-refractivity contribution is -0.116. The van der Waals surface area contributed by atoms with E-state index in [9.17, 15) is 14.7 Å². The van der Waals surface area contributed by atoms with Crippen LogP contribution in [0.4, 0.5) is 15.5 Å². The quantitative estimate of drug-likeness (QED) is 0.228. The molecule has 0 spiro atoms. The third-order valence-corrected chi connectivity index (χ3v) is 14.1. The molecule has 1 aliphatic rings. The Morgan fingerprint density at radius 3 is 2.40 bits per heavy atom. The van der Waals surface area contributed by atoms with Crippen LogP contribution in [0.2, 0.25) is 18.1 Å². The van der Waals surface area contributed by atoms with Gasteiger partial charge in [0.1, 0.15) is 0 Å². The van der Waals surface area contributed by atoms with Crippen LogP contribution >= 0.6 is 11.3 Å². The SMILES string of the molecule is CN1CCC(N(C(=O)O)c2cc(CCC(=O)Nc3ccc(CO[Si](C)(C)C(C)(C)C)s3)ccc2-c2ccccc2)CC1. The van der Waals surface area contributed by atoms with E-state index in [1.807, 2.05) is 60.7 Å². The van der Waals surface area contributed by atoms with E-state index in [-0.39, 0.29) is 17.0 Å². The molecule has 9 heteroatoms. The average Bonchev–Trinajstić information content (AvgIpc) is 3.39. The van der Waals surface area contributed by atoms with Gasteiger partial charge in [-0.2, -0.15) is 0 Å². The molecule has 2 N–H and O–H groups in total. The van der Waals surface area contributed by atoms with E-state index >= 15 is 0 Å². The van der Waals surface area contributed by atoms with Crippen molar-refractivity contribution < 1.29 is 19.1 Å². The summed E-state index contributed by atoms with van der Waals surface area (Å²) in [7, 11) is 0.228. The van der Waals surface area contributed by atoms with Crippen molar-refractivity contribution in [3.05, 3.63) is 71.1 Å². The zero-order chi connectivity index (χ0) is 30.5. The van der Waals surface area contributed by atoms with Gasteiger partial charge >= 0.3 is 6.09 Å². The highest BCUT2D eigenvalue weighted by molar-refractivity contribution is 7.16. The number of benzene rings is 2. The normalized spacial score (nSPS) is 15.0. The molecule has 2 aromatic carbocycles. The number of nitrogens with zero attached hydrogens (tertiary/aromatic N) is 2. The second-order valence-corrected chi connectivity index (χ2v) is 18.7. The molecule has 226 valence electrons. The zero-order valence-corrected chi connectivity index (χ0v) is 27.6. The molecule has 0 unspecified atom stereocenters. The molecule has 1 aromatic heterocycles. The van der Waals surface area contributed by atoms with E-state index < -0.39 is 14.4 Å². The van der Waals surface area contributed by atoms with Gasteiger partial charge in [-0.05, 0) is 86.9 Å². The van der Waals surface area contributed by atoms with Crippen molar-refractivity contribution in [3.63, 3.8) is 0 Å². The third-order valence-electron chi connectivity index (χ3n) is 8.61. The number of nitrogens with one attached hydrogen (secondary N) is 1. The number of hydrogen-bond donors (Lipinski definition) is 2. The standard InChI is InChI=1S/C33H45N3O4SSi/c1-33(2,3)42(5,6)40-23-27-14-17-31(41-27)34-30(37)16-13-24-12-15-28(25-10-8-7-9-11-25)29(22-24)36(32(38)39)26-18-20-35(4)21-19-26/h7-12,14-15,17,22,26H,13,16,18-21,23H2,1-6H3,(H,34,37)(H,38,39). The summed E-state index contributed by atoms with van der Waals surface area (Å²) in [4.78, 5) is 30.4. The fourth-order valence-electron chi connectivity index (χ4n) is 4.95. The summed E-state index contributed by atoms with van der Waals surface area (Å²) in [5, 5.41) is 14.4. The van der Waals surface area contributed by atoms with E-state index in [2.05, 4.69) is 51.1 Å². The molecule has 1 fully saturated rings. The Morgan fingerprint density at radius 2 is 1.76 bits per heavy atom. The second-order valence-electron chi connectivity index (χ2n) is 12.8. The predicted octanol–water partition coefficient (Wildman–Crippen LogP) is 8.09. The zero-order valence-electron chi connectivity index (χ0n) is 25.8. The molecule has 2 amide bonds. The Morgan fingerprint density at radius 1 is 1.07 bits per heavy atom. The number of anilines is 2. The number of carbonyl (C=O) groups is 2. The molecule has 4 rings (SSSR count). The number of aryl methyl sites for hydroxylation is 1. The largest absolute Gasteiger partial charge is 0.465 e. The number of hydrogen-bond acceptors (Lipinski definition) is 5. The topological polar surface area (TPSA) is 82.1 Å². The predicted molar refractivity (Wildman–Crippen MR) is 176 cm³/mol. The number of amides is 2. The van der Waals surface area contributed by atoms with Gasteiger partial charge in [-0.1, -0.05) is 63.2 Å². The molecule has 0 aliphatic carbocycles. The van der Waals surface area contributed by atoms with Crippen LogP contribution in [0.3, 0.4) is 0 Å². The van der Waals surface area contributed by atoms with E-state index in [0.717, 1.165) is 52.5 Å². The van der Waals surface area contributed by atoms with E-state index in [1.165, 1.54) is 0 Å². The van der Waals surface area contributed by atoms with Crippen molar-refractivity contribution in [2.45, 2.75) is 77.2 Å². The van der Waals surface area contributed by atoms with Gasteiger partial charge in [0.2, 0.25) is 5.91 Å². The van der Waals surface area contributed by atoms with Crippen LogP contribution in [-0.4, -0.2) is 56.5 Å². The highest BCUT2D eigenvalue weighted by atomic mass is 32.1. The molecular weight excluding hydrogens is 563 g/mol. The van der Waals surface area contributed by atoms with Crippen molar-refractivity contribution in [3.8, 4) is 11.1 Å². The number of rotatable bonds is 10. The van der Waals surface area contributed by atoms with Crippen LogP contribution < -0.4 is 10.2 Å². The summed E-state index contributed by atoms with van der Waals surface area (Å²) in [6.45, 7) is 13.5. The number of thiophene rings is 1. The van der Waals surface area contributed by atoms with Crippen LogP contribution in [0.5, 0.6) is 0 Å². The molecule has 1 aliphatic heterocycles. The monoisotopic (exact) mass is 607 g/mol. The smallest absolute Gasteiger partial charge is 0.412 e. The molecule has 2 heterocycles. The first-order chi connectivity index (χ1) is 19.8. The average molecular weight is 608 g/mol. The maximum Gasteiger partial charge on any atom is 0.412 e. The third kappa shape index (κ3) is 8.10. The highest BCUT2D eigenvalue weighted by Crippen LogP contribution is 2.38. The van der Waals surface area contributed by atoms with Crippen LogP contribution in [-0.2, 0) is 22.2 Å². The number of carbonyl (C=O) groups excluding carboxylic acids is 1. The van der Waals surface area contributed by atoms with E-state index in [4.69, 9.17) is 4.43 Å². The van der Waals surface area contributed by atoms with Gasteiger partial charge in [-0.3, -0.25) is 9.69 Å². The van der Waals surface area contributed by atoms with Crippen molar-refractivity contribution in [1.82, 2.24) is 4.90 Å². The number of piperidine rings is 1. The molecule has 0 atom stereocenters.